The standard InChI is InChI=1S/C28H34FNO4/c1-18(2)30-24-9-7-6-8-23(24)27(19-10-12-20(29)13-11-19)25(30)15-14-21(31)16-22(32)17-26(33)34-28(3,4)5/h6-15,18,21,25,27,31H,16-17H2,1-5H3/b15-14+. The lowest BCUT2D eigenvalue weighted by molar-refractivity contribution is -0.156. The smallest absolute Gasteiger partial charge is 0.313 e. The van der Waals surface area contributed by atoms with E-state index < -0.39 is 17.7 Å². The van der Waals surface area contributed by atoms with E-state index in [1.54, 1.807) is 39.0 Å². The molecule has 0 saturated heterocycles. The highest BCUT2D eigenvalue weighted by Gasteiger charge is 2.39. The molecule has 34 heavy (non-hydrogen) atoms. The van der Waals surface area contributed by atoms with Gasteiger partial charge in [-0.15, -0.1) is 0 Å². The number of hydrogen-bond donors (Lipinski definition) is 1. The first-order valence-electron chi connectivity index (χ1n) is 11.7. The number of ether oxygens (including phenoxy) is 1. The molecule has 1 N–H and O–H groups in total. The maximum Gasteiger partial charge on any atom is 0.313 e. The third kappa shape index (κ3) is 6.32. The van der Waals surface area contributed by atoms with Gasteiger partial charge in [0, 0.05) is 24.1 Å². The van der Waals surface area contributed by atoms with Crippen LogP contribution >= 0.6 is 0 Å². The zero-order chi connectivity index (χ0) is 25.0. The maximum absolute atomic E-state index is 13.6. The molecule has 3 rings (SSSR count). The average Bonchev–Trinajstić information content (AvgIpc) is 3.05. The zero-order valence-electron chi connectivity index (χ0n) is 20.5. The number of carbonyl (C=O) groups is 2. The van der Waals surface area contributed by atoms with Crippen molar-refractivity contribution in [3.05, 3.63) is 77.6 Å². The second-order valence-corrected chi connectivity index (χ2v) is 10.0. The average molecular weight is 468 g/mol. The molecule has 0 spiro atoms. The van der Waals surface area contributed by atoms with Crippen LogP contribution in [-0.2, 0) is 14.3 Å². The number of rotatable bonds is 8. The van der Waals surface area contributed by atoms with Crippen molar-refractivity contribution < 1.29 is 23.8 Å². The molecular formula is C28H34FNO4. The summed E-state index contributed by atoms with van der Waals surface area (Å²) in [6.07, 6.45) is 1.97. The van der Waals surface area contributed by atoms with Crippen molar-refractivity contribution in [2.45, 2.75) is 77.2 Å². The number of benzene rings is 2. The van der Waals surface area contributed by atoms with Crippen molar-refractivity contribution in [1.29, 1.82) is 0 Å². The van der Waals surface area contributed by atoms with E-state index in [0.717, 1.165) is 16.8 Å². The number of aliphatic hydroxyl groups is 1. The molecule has 0 aliphatic carbocycles. The Kier molecular flexibility index (Phi) is 7.93. The molecule has 2 aromatic rings. The minimum atomic E-state index is -1.03. The molecule has 0 fully saturated rings. The Morgan fingerprint density at radius 3 is 2.38 bits per heavy atom. The van der Waals surface area contributed by atoms with Crippen molar-refractivity contribution in [3.63, 3.8) is 0 Å². The summed E-state index contributed by atoms with van der Waals surface area (Å²) in [7, 11) is 0. The van der Waals surface area contributed by atoms with E-state index >= 15 is 0 Å². The van der Waals surface area contributed by atoms with Crippen LogP contribution in [0.1, 0.15) is 64.5 Å². The number of fused-ring (bicyclic) bond motifs is 1. The molecule has 3 unspecified atom stereocenters. The Morgan fingerprint density at radius 2 is 1.76 bits per heavy atom. The van der Waals surface area contributed by atoms with Crippen LogP contribution in [0.3, 0.4) is 0 Å². The van der Waals surface area contributed by atoms with Crippen LogP contribution in [0.15, 0.2) is 60.7 Å². The highest BCUT2D eigenvalue weighted by molar-refractivity contribution is 5.95. The first kappa shape index (κ1) is 25.6. The Morgan fingerprint density at radius 1 is 1.12 bits per heavy atom. The molecule has 182 valence electrons. The van der Waals surface area contributed by atoms with Crippen LogP contribution in [0.25, 0.3) is 0 Å². The summed E-state index contributed by atoms with van der Waals surface area (Å²) in [5.41, 5.74) is 2.54. The lowest BCUT2D eigenvalue weighted by Crippen LogP contribution is -2.38. The number of anilines is 1. The fraction of sp³-hybridized carbons (Fsp3) is 0.429. The molecule has 6 heteroatoms. The molecule has 0 amide bonds. The van der Waals surface area contributed by atoms with Gasteiger partial charge in [-0.05, 0) is 63.9 Å². The number of aliphatic hydroxyl groups excluding tert-OH is 1. The van der Waals surface area contributed by atoms with E-state index in [1.807, 2.05) is 18.2 Å². The molecule has 5 nitrogen and oxygen atoms in total. The van der Waals surface area contributed by atoms with Gasteiger partial charge in [-0.2, -0.15) is 0 Å². The van der Waals surface area contributed by atoms with Gasteiger partial charge in [0.15, 0.2) is 0 Å². The minimum Gasteiger partial charge on any atom is -0.460 e. The van der Waals surface area contributed by atoms with Crippen LogP contribution in [0.2, 0.25) is 0 Å². The second-order valence-electron chi connectivity index (χ2n) is 10.0. The van der Waals surface area contributed by atoms with E-state index in [1.165, 1.54) is 12.1 Å². The Balaban J connectivity index is 1.80. The highest BCUT2D eigenvalue weighted by atomic mass is 19.1. The quantitative estimate of drug-likeness (QED) is 0.330. The topological polar surface area (TPSA) is 66.8 Å². The monoisotopic (exact) mass is 467 g/mol. The van der Waals surface area contributed by atoms with Crippen LogP contribution in [0, 0.1) is 5.82 Å². The van der Waals surface area contributed by atoms with Gasteiger partial charge < -0.3 is 14.7 Å². The second kappa shape index (κ2) is 10.5. The number of hydrogen-bond acceptors (Lipinski definition) is 5. The van der Waals surface area contributed by atoms with Crippen molar-refractivity contribution >= 4 is 17.4 Å². The predicted octanol–water partition coefficient (Wildman–Crippen LogP) is 5.16. The number of nitrogens with zero attached hydrogens (tertiary/aromatic N) is 1. The van der Waals surface area contributed by atoms with Crippen LogP contribution in [0.5, 0.6) is 0 Å². The summed E-state index contributed by atoms with van der Waals surface area (Å²) >= 11 is 0. The van der Waals surface area contributed by atoms with Gasteiger partial charge in [-0.3, -0.25) is 9.59 Å². The Labute approximate surface area is 201 Å². The van der Waals surface area contributed by atoms with Crippen LogP contribution < -0.4 is 4.90 Å². The number of para-hydroxylation sites is 1. The lowest BCUT2D eigenvalue weighted by Gasteiger charge is -2.32. The van der Waals surface area contributed by atoms with Crippen molar-refractivity contribution in [2.75, 3.05) is 4.90 Å². The minimum absolute atomic E-state index is 0.0554. The molecule has 2 aromatic carbocycles. The number of Topliss-reactive ketones (excluding diaryl/α,β-unsaturated/α-hetero) is 1. The maximum atomic E-state index is 13.6. The summed E-state index contributed by atoms with van der Waals surface area (Å²) in [4.78, 5) is 26.5. The van der Waals surface area contributed by atoms with Gasteiger partial charge in [0.1, 0.15) is 23.6 Å². The summed E-state index contributed by atoms with van der Waals surface area (Å²) in [6, 6.07) is 14.7. The number of carbonyl (C=O) groups excluding carboxylic acids is 2. The molecule has 3 atom stereocenters. The van der Waals surface area contributed by atoms with Gasteiger partial charge in [0.2, 0.25) is 0 Å². The SMILES string of the molecule is CC(C)N1c2ccccc2C(c2ccc(F)cc2)C1/C=C/C(O)CC(=O)CC(=O)OC(C)(C)C. The van der Waals surface area contributed by atoms with Gasteiger partial charge in [-0.25, -0.2) is 4.39 Å². The van der Waals surface area contributed by atoms with Crippen LogP contribution in [-0.4, -0.2) is 40.6 Å². The lowest BCUT2D eigenvalue weighted by atomic mass is 9.87. The van der Waals surface area contributed by atoms with Gasteiger partial charge in [0.05, 0.1) is 12.1 Å². The first-order valence-corrected chi connectivity index (χ1v) is 11.7. The fourth-order valence-corrected chi connectivity index (χ4v) is 4.52. The number of esters is 1. The predicted molar refractivity (Wildman–Crippen MR) is 131 cm³/mol. The van der Waals surface area contributed by atoms with E-state index in [9.17, 15) is 19.1 Å². The Bertz CT molecular complexity index is 1040. The highest BCUT2D eigenvalue weighted by Crippen LogP contribution is 2.46. The van der Waals surface area contributed by atoms with Crippen molar-refractivity contribution in [3.8, 4) is 0 Å². The third-order valence-electron chi connectivity index (χ3n) is 5.73. The van der Waals surface area contributed by atoms with E-state index in [2.05, 4.69) is 30.9 Å². The molecule has 1 aliphatic heterocycles. The largest absolute Gasteiger partial charge is 0.460 e. The molecule has 0 aromatic heterocycles. The van der Waals surface area contributed by atoms with Gasteiger partial charge >= 0.3 is 5.97 Å². The van der Waals surface area contributed by atoms with Crippen molar-refractivity contribution in [1.82, 2.24) is 0 Å². The van der Waals surface area contributed by atoms with E-state index in [0.29, 0.717) is 0 Å². The molecule has 0 bridgehead atoms. The molecule has 1 aliphatic rings. The molecular weight excluding hydrogens is 433 g/mol. The molecule has 0 saturated carbocycles. The van der Waals surface area contributed by atoms with Gasteiger partial charge in [-0.1, -0.05) is 42.5 Å². The summed E-state index contributed by atoms with van der Waals surface area (Å²) in [5.74, 6) is -1.32. The molecule has 1 heterocycles. The summed E-state index contributed by atoms with van der Waals surface area (Å²) < 4.78 is 18.8. The Hall–Kier alpha value is -2.99. The zero-order valence-corrected chi connectivity index (χ0v) is 20.5. The fourth-order valence-electron chi connectivity index (χ4n) is 4.52. The van der Waals surface area contributed by atoms with Crippen LogP contribution in [0.4, 0.5) is 10.1 Å². The number of halogens is 1. The summed E-state index contributed by atoms with van der Waals surface area (Å²) in [5, 5.41) is 10.5. The van der Waals surface area contributed by atoms with E-state index in [4.69, 9.17) is 4.74 Å². The third-order valence-corrected chi connectivity index (χ3v) is 5.73. The van der Waals surface area contributed by atoms with E-state index in [-0.39, 0.29) is 42.4 Å². The first-order chi connectivity index (χ1) is 16.0. The number of ketones is 1. The van der Waals surface area contributed by atoms with Gasteiger partial charge in [0.25, 0.3) is 0 Å². The molecule has 0 radical (unpaired) electrons. The summed E-state index contributed by atoms with van der Waals surface area (Å²) in [6.45, 7) is 9.43. The van der Waals surface area contributed by atoms with Crippen molar-refractivity contribution in [2.24, 2.45) is 0 Å². The normalized spacial score (nSPS) is 18.9.